The average molecular weight is 1630 g/mol. The van der Waals surface area contributed by atoms with E-state index in [4.69, 9.17) is 33.2 Å². The van der Waals surface area contributed by atoms with Gasteiger partial charge in [-0.3, -0.25) is 58.3 Å². The lowest BCUT2D eigenvalue weighted by molar-refractivity contribution is -0.142. The van der Waals surface area contributed by atoms with Gasteiger partial charge < -0.3 is 84.3 Å². The monoisotopic (exact) mass is 1630 g/mol. The number of hydrogen-bond donors (Lipinski definition) is 14. The number of guanidine groups is 1. The number of nitrogens with one attached hydrogen (secondary N) is 11. The minimum Gasteiger partial charge on any atom is -0.394 e. The van der Waals surface area contributed by atoms with Gasteiger partial charge >= 0.3 is 12.1 Å². The maximum Gasteiger partial charge on any atom is 0.325 e. The van der Waals surface area contributed by atoms with Crippen molar-refractivity contribution in [2.45, 2.75) is 179 Å². The standard InChI is InChI=1S/C85H110ClN17O14/c1-6-36-101(37-7-2)84(115)92-63-33-28-56(29-34-63)47-66(75(107)94-65(43-52(3)4)74(106)93-64(19-13-35-90-83(88)89)81(113)102-38-14-20-71(102)79(111)91-53(5)73(87)105)95-76(108)67(46-55-21-23-58(24-22-55)50-100-39-41-117-42-40-100)96-78(110)70(51-104)98-77(109)68(45-54-15-9-8-10-16-54)97-80(112)72(49-57-26-31-62(86)32-27-57)103-82(114)69(99-85(103)116)48-59-25-30-60-17-11-12-18-61(60)44-59/h8-12,15-18,21-34,44,52-53,64-72,104H,6-7,13-14,19-20,35-43,45-51H2,1-5H3,(H2,87,105)(H,91,111)(H,92,115)(H,93,106)(H,94,107)(H,95,108)(H,96,110)(H,97,112)(H,98,109)(H,99,116)(H4,88,89,90)/t53-,64+,65+,66-,67+,68-,69?,70+,71+,72?/m1/s1. The Morgan fingerprint density at radius 1 is 0.598 bits per heavy atom. The fourth-order valence-corrected chi connectivity index (χ4v) is 14.6. The van der Waals surface area contributed by atoms with Gasteiger partial charge in [0.2, 0.25) is 53.2 Å². The molecular weight excluding hydrogens is 1520 g/mol. The number of likely N-dealkylation sites (tertiary alicyclic amines) is 1. The van der Waals surface area contributed by atoms with Crippen LogP contribution in [0, 0.1) is 11.3 Å². The summed E-state index contributed by atoms with van der Waals surface area (Å²) in [6, 6.07) is 27.1. The fraction of sp³-hybridized carbons (Fsp3) is 0.447. The summed E-state index contributed by atoms with van der Waals surface area (Å²) >= 11 is 6.30. The van der Waals surface area contributed by atoms with Gasteiger partial charge in [-0.1, -0.05) is 161 Å². The van der Waals surface area contributed by atoms with Crippen LogP contribution in [0.25, 0.3) is 10.8 Å². The number of hydrogen-bond acceptors (Lipinski definition) is 16. The molecule has 32 heteroatoms. The SMILES string of the molecule is CCCN(CCC)C(=O)Nc1ccc(C[C@@H](NC(=O)[C@H](Cc2ccc(CN3CCOCC3)cc2)NC(=O)[C@H](CO)NC(=O)[C@@H](Cc2ccccc2)NC(=O)C(Cc2ccc(Cl)cc2)N2C(=O)NC(Cc3ccc4ccccc4c3)C2=O)C(=O)N[C@@H](CC(C)C)C(=O)N[C@@H](CCCNC(=N)N)C(=O)N2CCC[C@H]2C(=O)N[C@H](C)C(N)=O)cc1. The Labute approximate surface area is 686 Å². The van der Waals surface area contributed by atoms with E-state index in [1.54, 1.807) is 110 Å². The van der Waals surface area contributed by atoms with Crippen LogP contribution in [0.4, 0.5) is 15.3 Å². The van der Waals surface area contributed by atoms with E-state index in [2.05, 4.69) is 58.1 Å². The number of halogens is 1. The molecule has 0 radical (unpaired) electrons. The first-order valence-corrected chi connectivity index (χ1v) is 40.4. The number of rotatable bonds is 41. The van der Waals surface area contributed by atoms with Crippen molar-refractivity contribution in [2.24, 2.45) is 17.4 Å². The Hall–Kier alpha value is -11.5. The third-order valence-electron chi connectivity index (χ3n) is 20.7. The molecule has 6 aromatic rings. The number of fused-ring (bicyclic) bond motifs is 1. The molecule has 3 saturated heterocycles. The third kappa shape index (κ3) is 26.5. The van der Waals surface area contributed by atoms with Gasteiger partial charge in [0.1, 0.15) is 60.4 Å². The number of urea groups is 2. The minimum atomic E-state index is -1.84. The largest absolute Gasteiger partial charge is 0.394 e. The maximum absolute atomic E-state index is 15.6. The molecule has 0 aliphatic carbocycles. The number of aliphatic hydroxyl groups is 1. The molecule has 14 amide bonds. The molecule has 31 nitrogen and oxygen atoms in total. The molecule has 2 unspecified atom stereocenters. The highest BCUT2D eigenvalue weighted by molar-refractivity contribution is 6.30. The minimum absolute atomic E-state index is 0.0103. The molecule has 9 rings (SSSR count). The van der Waals surface area contributed by atoms with Crippen LogP contribution in [0.2, 0.25) is 5.02 Å². The zero-order valence-electron chi connectivity index (χ0n) is 66.8. The van der Waals surface area contributed by atoms with Crippen LogP contribution in [0.3, 0.4) is 0 Å². The van der Waals surface area contributed by atoms with Crippen LogP contribution in [-0.4, -0.2) is 221 Å². The maximum atomic E-state index is 15.6. The van der Waals surface area contributed by atoms with Gasteiger partial charge in [0.25, 0.3) is 5.91 Å². The van der Waals surface area contributed by atoms with Crippen LogP contribution >= 0.6 is 11.6 Å². The predicted molar refractivity (Wildman–Crippen MR) is 442 cm³/mol. The first kappa shape index (κ1) is 89.4. The summed E-state index contributed by atoms with van der Waals surface area (Å²) in [6.45, 7) is 12.3. The van der Waals surface area contributed by atoms with Crippen molar-refractivity contribution in [1.82, 2.24) is 67.5 Å². The summed E-state index contributed by atoms with van der Waals surface area (Å²) in [5.74, 6) is -9.00. The molecular formula is C85H110ClN17O14. The molecule has 0 spiro atoms. The van der Waals surface area contributed by atoms with Gasteiger partial charge in [0.05, 0.1) is 19.8 Å². The highest BCUT2D eigenvalue weighted by Gasteiger charge is 2.46. The lowest BCUT2D eigenvalue weighted by Crippen LogP contribution is -2.61. The highest BCUT2D eigenvalue weighted by Crippen LogP contribution is 2.25. The van der Waals surface area contributed by atoms with Crippen molar-refractivity contribution < 1.29 is 67.4 Å². The van der Waals surface area contributed by atoms with Crippen LogP contribution < -0.4 is 64.6 Å². The van der Waals surface area contributed by atoms with Crippen molar-refractivity contribution in [1.29, 1.82) is 5.41 Å². The molecule has 117 heavy (non-hydrogen) atoms. The number of aliphatic hydroxyl groups excluding tert-OH is 1. The molecule has 3 heterocycles. The quantitative estimate of drug-likeness (QED) is 0.0112. The number of primary amides is 1. The van der Waals surface area contributed by atoms with E-state index in [1.807, 2.05) is 68.4 Å². The second-order valence-electron chi connectivity index (χ2n) is 30.3. The molecule has 3 fully saturated rings. The second-order valence-corrected chi connectivity index (χ2v) is 30.8. The zero-order chi connectivity index (χ0) is 84.2. The van der Waals surface area contributed by atoms with E-state index in [0.717, 1.165) is 39.6 Å². The van der Waals surface area contributed by atoms with Crippen molar-refractivity contribution in [3.63, 3.8) is 0 Å². The van der Waals surface area contributed by atoms with Crippen molar-refractivity contribution in [3.05, 3.63) is 184 Å². The molecule has 0 aromatic heterocycles. The van der Waals surface area contributed by atoms with E-state index in [9.17, 15) is 38.7 Å². The van der Waals surface area contributed by atoms with Gasteiger partial charge in [-0.2, -0.15) is 0 Å². The molecule has 3 aliphatic rings. The van der Waals surface area contributed by atoms with Gasteiger partial charge in [0.15, 0.2) is 5.96 Å². The number of amides is 14. The molecule has 3 aliphatic heterocycles. The number of nitrogens with two attached hydrogens (primary N) is 2. The Bertz CT molecular complexity index is 4430. The molecule has 0 saturated carbocycles. The van der Waals surface area contributed by atoms with Gasteiger partial charge in [-0.25, -0.2) is 14.5 Å². The summed E-state index contributed by atoms with van der Waals surface area (Å²) in [4.78, 5) is 180. The van der Waals surface area contributed by atoms with Crippen molar-refractivity contribution >= 4 is 105 Å². The Balaban J connectivity index is 1.01. The van der Waals surface area contributed by atoms with Crippen LogP contribution in [-0.2, 0) is 91.3 Å². The van der Waals surface area contributed by atoms with Crippen molar-refractivity contribution in [3.8, 4) is 0 Å². The van der Waals surface area contributed by atoms with Crippen LogP contribution in [0.1, 0.15) is 113 Å². The summed E-state index contributed by atoms with van der Waals surface area (Å²) < 4.78 is 5.57. The summed E-state index contributed by atoms with van der Waals surface area (Å²) in [7, 11) is 0. The number of nitrogens with zero attached hydrogens (tertiary/aromatic N) is 4. The lowest BCUT2D eigenvalue weighted by Gasteiger charge is -2.31. The molecule has 6 aromatic carbocycles. The zero-order valence-corrected chi connectivity index (χ0v) is 67.6. The van der Waals surface area contributed by atoms with E-state index < -0.39 is 132 Å². The molecule has 0 bridgehead atoms. The number of imide groups is 1. The number of carbonyl (C=O) groups is 12. The van der Waals surface area contributed by atoms with E-state index in [1.165, 1.54) is 11.8 Å². The topological polar surface area (TPSA) is 443 Å². The fourth-order valence-electron chi connectivity index (χ4n) is 14.5. The predicted octanol–water partition coefficient (Wildman–Crippen LogP) is 3.97. The lowest BCUT2D eigenvalue weighted by atomic mass is 9.99. The third-order valence-corrected chi connectivity index (χ3v) is 21.0. The second kappa shape index (κ2) is 44.0. The van der Waals surface area contributed by atoms with Gasteiger partial charge in [-0.05, 0) is 126 Å². The first-order valence-electron chi connectivity index (χ1n) is 40.0. The Morgan fingerprint density at radius 2 is 1.11 bits per heavy atom. The average Bonchev–Trinajstić information content (AvgIpc) is 1.65. The highest BCUT2D eigenvalue weighted by atomic mass is 35.5. The van der Waals surface area contributed by atoms with Gasteiger partial charge in [0, 0.05) is 88.6 Å². The number of benzene rings is 6. The van der Waals surface area contributed by atoms with E-state index in [0.29, 0.717) is 85.3 Å². The number of morpholine rings is 1. The number of carbonyl (C=O) groups excluding carboxylic acids is 12. The summed E-state index contributed by atoms with van der Waals surface area (Å²) in [6.07, 6.45) is 1.39. The normalized spacial score (nSPS) is 16.9. The summed E-state index contributed by atoms with van der Waals surface area (Å²) in [5, 5.41) is 48.8. The number of anilines is 1. The van der Waals surface area contributed by atoms with Crippen LogP contribution in [0.5, 0.6) is 0 Å². The van der Waals surface area contributed by atoms with E-state index >= 15 is 24.0 Å². The summed E-state index contributed by atoms with van der Waals surface area (Å²) in [5.41, 5.74) is 15.2. The first-order chi connectivity index (χ1) is 56.2. The van der Waals surface area contributed by atoms with E-state index in [-0.39, 0.29) is 88.8 Å². The number of ether oxygens (including phenoxy) is 1. The Morgan fingerprint density at radius 3 is 1.70 bits per heavy atom. The van der Waals surface area contributed by atoms with Gasteiger partial charge in [-0.15, -0.1) is 0 Å². The smallest absolute Gasteiger partial charge is 0.325 e. The molecule has 16 N–H and O–H groups in total. The Kier molecular flexibility index (Phi) is 33.6. The van der Waals surface area contributed by atoms with Crippen molar-refractivity contribution in [2.75, 3.05) is 64.4 Å². The molecule has 626 valence electrons. The molecule has 10 atom stereocenters. The van der Waals surface area contributed by atoms with Crippen LogP contribution in [0.15, 0.2) is 146 Å².